The molecule has 1 heterocycles. The lowest BCUT2D eigenvalue weighted by molar-refractivity contribution is 0.122. The van der Waals surface area contributed by atoms with Gasteiger partial charge in [-0.1, -0.05) is 36.4 Å². The molecule has 1 saturated heterocycles. The van der Waals surface area contributed by atoms with Crippen LogP contribution < -0.4 is 14.4 Å². The average molecular weight is 545 g/mol. The van der Waals surface area contributed by atoms with Gasteiger partial charge < -0.3 is 19.1 Å². The van der Waals surface area contributed by atoms with Gasteiger partial charge in [-0.3, -0.25) is 4.99 Å². The quantitative estimate of drug-likeness (QED) is 0.220. The third kappa shape index (κ3) is 5.89. The number of rotatable bonds is 8. The van der Waals surface area contributed by atoms with Crippen LogP contribution in [0.25, 0.3) is 10.8 Å². The third-order valence-electron chi connectivity index (χ3n) is 6.12. The number of morpholine rings is 1. The Labute approximate surface area is 220 Å². The van der Waals surface area contributed by atoms with Crippen LogP contribution in [0.3, 0.4) is 0 Å². The van der Waals surface area contributed by atoms with E-state index in [1.807, 2.05) is 37.4 Å². The zero-order valence-electron chi connectivity index (χ0n) is 20.3. The molecule has 0 amide bonds. The molecule has 0 saturated carbocycles. The van der Waals surface area contributed by atoms with E-state index >= 15 is 0 Å². The van der Waals surface area contributed by atoms with Crippen molar-refractivity contribution < 1.29 is 14.2 Å². The maximum atomic E-state index is 6.21. The normalized spacial score (nSPS) is 13.9. The molecule has 6 heteroatoms. The monoisotopic (exact) mass is 544 g/mol. The first-order valence-corrected chi connectivity index (χ1v) is 13.0. The minimum absolute atomic E-state index is 0.451. The fraction of sp³-hybridized carbons (Fsp3) is 0.233. The Morgan fingerprint density at radius 2 is 1.69 bits per heavy atom. The van der Waals surface area contributed by atoms with Crippen molar-refractivity contribution in [1.29, 1.82) is 0 Å². The van der Waals surface area contributed by atoms with Gasteiger partial charge in [0.25, 0.3) is 0 Å². The zero-order chi connectivity index (χ0) is 24.7. The fourth-order valence-corrected chi connectivity index (χ4v) is 4.84. The number of ether oxygens (including phenoxy) is 3. The number of hydrogen-bond acceptors (Lipinski definition) is 5. The van der Waals surface area contributed by atoms with Gasteiger partial charge in [0.2, 0.25) is 0 Å². The summed E-state index contributed by atoms with van der Waals surface area (Å²) in [4.78, 5) is 7.00. The highest BCUT2D eigenvalue weighted by Gasteiger charge is 2.13. The second kappa shape index (κ2) is 11.6. The van der Waals surface area contributed by atoms with E-state index in [1.54, 1.807) is 0 Å². The molecule has 0 unspecified atom stereocenters. The van der Waals surface area contributed by atoms with Gasteiger partial charge in [-0.2, -0.15) is 0 Å². The van der Waals surface area contributed by atoms with Crippen molar-refractivity contribution in [2.75, 3.05) is 37.8 Å². The molecule has 0 aromatic heterocycles. The van der Waals surface area contributed by atoms with Crippen LogP contribution in [-0.4, -0.2) is 39.1 Å². The lowest BCUT2D eigenvalue weighted by Gasteiger charge is -2.28. The number of benzene rings is 4. The number of anilines is 1. The number of fused-ring (bicyclic) bond motifs is 1. The summed E-state index contributed by atoms with van der Waals surface area (Å²) >= 11 is 3.68. The van der Waals surface area contributed by atoms with Crippen molar-refractivity contribution in [3.05, 3.63) is 94.5 Å². The van der Waals surface area contributed by atoms with Gasteiger partial charge in [0.15, 0.2) is 11.5 Å². The first-order valence-electron chi connectivity index (χ1n) is 12.2. The van der Waals surface area contributed by atoms with Gasteiger partial charge in [-0.05, 0) is 87.2 Å². The minimum atomic E-state index is 0.451. The molecular formula is C30H29BrN2O3. The van der Waals surface area contributed by atoms with E-state index < -0.39 is 0 Å². The summed E-state index contributed by atoms with van der Waals surface area (Å²) in [5, 5.41) is 2.42. The SMILES string of the molecule is CCOc1cc(C=Nc2ccc(N3CCOCC3)cc2)cc(Br)c1OCc1ccc2ccccc2c1. The van der Waals surface area contributed by atoms with Gasteiger partial charge >= 0.3 is 0 Å². The topological polar surface area (TPSA) is 43.3 Å². The molecule has 5 nitrogen and oxygen atoms in total. The van der Waals surface area contributed by atoms with Crippen molar-refractivity contribution >= 4 is 44.3 Å². The first-order chi connectivity index (χ1) is 17.7. The summed E-state index contributed by atoms with van der Waals surface area (Å²) in [7, 11) is 0. The van der Waals surface area contributed by atoms with E-state index in [0.717, 1.165) is 47.6 Å². The zero-order valence-corrected chi connectivity index (χ0v) is 21.9. The summed E-state index contributed by atoms with van der Waals surface area (Å²) in [6.07, 6.45) is 1.85. The maximum absolute atomic E-state index is 6.21. The first kappa shape index (κ1) is 24.3. The average Bonchev–Trinajstić information content (AvgIpc) is 2.92. The van der Waals surface area contributed by atoms with Crippen LogP contribution in [0, 0.1) is 0 Å². The molecule has 1 aliphatic rings. The predicted molar refractivity (Wildman–Crippen MR) is 150 cm³/mol. The van der Waals surface area contributed by atoms with E-state index in [4.69, 9.17) is 14.2 Å². The van der Waals surface area contributed by atoms with E-state index in [1.165, 1.54) is 16.5 Å². The second-order valence-electron chi connectivity index (χ2n) is 8.61. The lowest BCUT2D eigenvalue weighted by Crippen LogP contribution is -2.36. The van der Waals surface area contributed by atoms with Crippen LogP contribution in [0.2, 0.25) is 0 Å². The Hall–Kier alpha value is -3.35. The number of hydrogen-bond donors (Lipinski definition) is 0. The molecule has 184 valence electrons. The largest absolute Gasteiger partial charge is 0.490 e. The number of halogens is 1. The maximum Gasteiger partial charge on any atom is 0.175 e. The molecule has 4 aromatic rings. The number of nitrogens with zero attached hydrogens (tertiary/aromatic N) is 2. The second-order valence-corrected chi connectivity index (χ2v) is 9.46. The molecule has 36 heavy (non-hydrogen) atoms. The molecule has 0 atom stereocenters. The highest BCUT2D eigenvalue weighted by molar-refractivity contribution is 9.10. The Morgan fingerprint density at radius 1 is 0.917 bits per heavy atom. The van der Waals surface area contributed by atoms with Crippen molar-refractivity contribution in [3.63, 3.8) is 0 Å². The standard InChI is InChI=1S/C30H29BrN2O3/c1-2-35-29-19-23(20-32-26-9-11-27(12-10-26)33-13-15-34-16-14-33)18-28(31)30(29)36-21-22-7-8-24-5-3-4-6-25(24)17-22/h3-12,17-20H,2,13-16,21H2,1H3. The van der Waals surface area contributed by atoms with Crippen LogP contribution in [0.5, 0.6) is 11.5 Å². The predicted octanol–water partition coefficient (Wildman–Crippen LogP) is 7.17. The molecule has 0 aliphatic carbocycles. The van der Waals surface area contributed by atoms with Crippen LogP contribution in [0.4, 0.5) is 11.4 Å². The molecule has 0 N–H and O–H groups in total. The van der Waals surface area contributed by atoms with Crippen LogP contribution in [0.15, 0.2) is 88.3 Å². The summed E-state index contributed by atoms with van der Waals surface area (Å²) < 4.78 is 18.4. The molecule has 1 aliphatic heterocycles. The number of aliphatic imine (C=N–C) groups is 1. The minimum Gasteiger partial charge on any atom is -0.490 e. The van der Waals surface area contributed by atoms with Gasteiger partial charge in [0.1, 0.15) is 6.61 Å². The molecule has 0 bridgehead atoms. The van der Waals surface area contributed by atoms with E-state index in [-0.39, 0.29) is 0 Å². The van der Waals surface area contributed by atoms with Crippen LogP contribution >= 0.6 is 15.9 Å². The summed E-state index contributed by atoms with van der Waals surface area (Å²) in [5.74, 6) is 1.38. The van der Waals surface area contributed by atoms with Crippen molar-refractivity contribution in [2.45, 2.75) is 13.5 Å². The molecule has 1 fully saturated rings. The molecule has 4 aromatic carbocycles. The third-order valence-corrected chi connectivity index (χ3v) is 6.71. The van der Waals surface area contributed by atoms with Crippen molar-refractivity contribution in [3.8, 4) is 11.5 Å². The van der Waals surface area contributed by atoms with E-state index in [0.29, 0.717) is 24.7 Å². The Bertz CT molecular complexity index is 1350. The molecule has 0 spiro atoms. The van der Waals surface area contributed by atoms with Gasteiger partial charge in [-0.15, -0.1) is 0 Å². The van der Waals surface area contributed by atoms with Crippen molar-refractivity contribution in [1.82, 2.24) is 0 Å². The highest BCUT2D eigenvalue weighted by Crippen LogP contribution is 2.37. The van der Waals surface area contributed by atoms with E-state index in [2.05, 4.69) is 80.4 Å². The smallest absolute Gasteiger partial charge is 0.175 e. The lowest BCUT2D eigenvalue weighted by atomic mass is 10.1. The van der Waals surface area contributed by atoms with Crippen LogP contribution in [-0.2, 0) is 11.3 Å². The fourth-order valence-electron chi connectivity index (χ4n) is 4.27. The Balaban J connectivity index is 1.30. The summed E-state index contributed by atoms with van der Waals surface area (Å²) in [5.41, 5.74) is 4.14. The van der Waals surface area contributed by atoms with Gasteiger partial charge in [0, 0.05) is 25.0 Å². The van der Waals surface area contributed by atoms with E-state index in [9.17, 15) is 0 Å². The summed E-state index contributed by atoms with van der Waals surface area (Å²) in [6.45, 7) is 6.36. The molecule has 5 rings (SSSR count). The van der Waals surface area contributed by atoms with Gasteiger partial charge in [-0.25, -0.2) is 0 Å². The summed E-state index contributed by atoms with van der Waals surface area (Å²) in [6, 6.07) is 27.0. The van der Waals surface area contributed by atoms with Gasteiger partial charge in [0.05, 0.1) is 30.0 Å². The van der Waals surface area contributed by atoms with Crippen molar-refractivity contribution in [2.24, 2.45) is 4.99 Å². The Morgan fingerprint density at radius 3 is 2.47 bits per heavy atom. The highest BCUT2D eigenvalue weighted by atomic mass is 79.9. The van der Waals surface area contributed by atoms with Crippen LogP contribution in [0.1, 0.15) is 18.1 Å². The molecule has 0 radical (unpaired) electrons. The Kier molecular flexibility index (Phi) is 7.84. The molecular weight excluding hydrogens is 516 g/mol.